The highest BCUT2D eigenvalue weighted by atomic mass is 35.5. The van der Waals surface area contributed by atoms with Crippen molar-refractivity contribution in [3.8, 4) is 11.8 Å². The number of hydrogen-bond donors (Lipinski definition) is 0. The third kappa shape index (κ3) is 3.56. The molecule has 0 N–H and O–H groups in total. The fourth-order valence-electron chi connectivity index (χ4n) is 1.87. The molecule has 1 aromatic carbocycles. The average Bonchev–Trinajstić information content (AvgIpc) is 2.80. The third-order valence-corrected chi connectivity index (χ3v) is 4.33. The van der Waals surface area contributed by atoms with Crippen LogP contribution in [0.15, 0.2) is 30.3 Å². The standard InChI is InChI=1S/C15H11Cl2NO2S/c1-2-20-10-5-3-9(4-6-10)12(8-18)14(19)11-7-13(16)21-15(11)17/h3-7,12H,2H2,1H3. The van der Waals surface area contributed by atoms with Gasteiger partial charge in [-0.3, -0.25) is 4.79 Å². The molecule has 1 heterocycles. The van der Waals surface area contributed by atoms with Crippen molar-refractivity contribution in [3.05, 3.63) is 50.1 Å². The lowest BCUT2D eigenvalue weighted by Crippen LogP contribution is -2.10. The van der Waals surface area contributed by atoms with Crippen LogP contribution in [0.25, 0.3) is 0 Å². The van der Waals surface area contributed by atoms with E-state index in [1.807, 2.05) is 13.0 Å². The molecule has 2 rings (SSSR count). The molecule has 3 nitrogen and oxygen atoms in total. The molecule has 0 spiro atoms. The lowest BCUT2D eigenvalue weighted by atomic mass is 9.93. The van der Waals surface area contributed by atoms with Gasteiger partial charge in [0.1, 0.15) is 16.0 Å². The van der Waals surface area contributed by atoms with Crippen LogP contribution in [0.4, 0.5) is 0 Å². The van der Waals surface area contributed by atoms with Gasteiger partial charge in [0.25, 0.3) is 0 Å². The Morgan fingerprint density at radius 2 is 2.05 bits per heavy atom. The normalized spacial score (nSPS) is 11.7. The van der Waals surface area contributed by atoms with Crippen molar-refractivity contribution in [1.29, 1.82) is 5.26 Å². The Morgan fingerprint density at radius 1 is 1.38 bits per heavy atom. The number of Topliss-reactive ketones (excluding diaryl/α,β-unsaturated/α-hetero) is 1. The summed E-state index contributed by atoms with van der Waals surface area (Å²) in [5.74, 6) is -0.569. The van der Waals surface area contributed by atoms with Gasteiger partial charge in [-0.15, -0.1) is 11.3 Å². The van der Waals surface area contributed by atoms with Crippen LogP contribution in [0.3, 0.4) is 0 Å². The quantitative estimate of drug-likeness (QED) is 0.724. The second-order valence-corrected chi connectivity index (χ2v) is 6.45. The molecule has 0 aliphatic carbocycles. The van der Waals surface area contributed by atoms with Crippen LogP contribution in [-0.4, -0.2) is 12.4 Å². The topological polar surface area (TPSA) is 50.1 Å². The predicted molar refractivity (Wildman–Crippen MR) is 84.6 cm³/mol. The zero-order valence-electron chi connectivity index (χ0n) is 11.1. The smallest absolute Gasteiger partial charge is 0.186 e. The van der Waals surface area contributed by atoms with Gasteiger partial charge in [0.2, 0.25) is 0 Å². The third-order valence-electron chi connectivity index (χ3n) is 2.84. The first-order valence-electron chi connectivity index (χ1n) is 6.18. The number of thiophene rings is 1. The minimum atomic E-state index is -0.913. The fraction of sp³-hybridized carbons (Fsp3) is 0.200. The number of ketones is 1. The monoisotopic (exact) mass is 339 g/mol. The molecule has 0 aliphatic heterocycles. The van der Waals surface area contributed by atoms with Crippen molar-refractivity contribution in [2.45, 2.75) is 12.8 Å². The van der Waals surface area contributed by atoms with E-state index in [0.717, 1.165) is 11.3 Å². The van der Waals surface area contributed by atoms with Crippen molar-refractivity contribution in [2.75, 3.05) is 6.61 Å². The zero-order valence-corrected chi connectivity index (χ0v) is 13.4. The maximum atomic E-state index is 12.4. The van der Waals surface area contributed by atoms with Gasteiger partial charge < -0.3 is 4.74 Å². The van der Waals surface area contributed by atoms with Crippen molar-refractivity contribution in [3.63, 3.8) is 0 Å². The summed E-state index contributed by atoms with van der Waals surface area (Å²) in [4.78, 5) is 12.4. The summed E-state index contributed by atoms with van der Waals surface area (Å²) in [6.07, 6.45) is 0. The van der Waals surface area contributed by atoms with Gasteiger partial charge in [-0.2, -0.15) is 5.26 Å². The molecular formula is C15H11Cl2NO2S. The van der Waals surface area contributed by atoms with Crippen LogP contribution in [0, 0.1) is 11.3 Å². The minimum absolute atomic E-state index is 0.284. The van der Waals surface area contributed by atoms with Gasteiger partial charge in [-0.25, -0.2) is 0 Å². The second kappa shape index (κ2) is 6.95. The Hall–Kier alpha value is -1.54. The van der Waals surface area contributed by atoms with Crippen LogP contribution in [0.2, 0.25) is 8.67 Å². The van der Waals surface area contributed by atoms with Crippen molar-refractivity contribution < 1.29 is 9.53 Å². The Balaban J connectivity index is 2.29. The maximum absolute atomic E-state index is 12.4. The van der Waals surface area contributed by atoms with Crippen LogP contribution >= 0.6 is 34.5 Å². The van der Waals surface area contributed by atoms with E-state index in [1.54, 1.807) is 24.3 Å². The molecule has 21 heavy (non-hydrogen) atoms. The zero-order chi connectivity index (χ0) is 15.4. The molecule has 0 radical (unpaired) electrons. The van der Waals surface area contributed by atoms with E-state index in [-0.39, 0.29) is 11.3 Å². The Labute approximate surface area is 136 Å². The SMILES string of the molecule is CCOc1ccc(C(C#N)C(=O)c2cc(Cl)sc2Cl)cc1. The molecule has 108 valence electrons. The summed E-state index contributed by atoms with van der Waals surface area (Å²) in [6.45, 7) is 2.45. The van der Waals surface area contributed by atoms with Crippen LogP contribution in [-0.2, 0) is 0 Å². The first-order valence-corrected chi connectivity index (χ1v) is 7.75. The molecule has 0 saturated carbocycles. The van der Waals surface area contributed by atoms with Gasteiger partial charge in [0, 0.05) is 0 Å². The summed E-state index contributed by atoms with van der Waals surface area (Å²) in [5, 5.41) is 9.31. The number of hydrogen-bond acceptors (Lipinski definition) is 4. The number of nitrogens with zero attached hydrogens (tertiary/aromatic N) is 1. The number of rotatable bonds is 5. The van der Waals surface area contributed by atoms with E-state index in [1.165, 1.54) is 6.07 Å². The first-order chi connectivity index (χ1) is 10.1. The highest BCUT2D eigenvalue weighted by Gasteiger charge is 2.25. The molecule has 0 aliphatic rings. The van der Waals surface area contributed by atoms with Crippen LogP contribution < -0.4 is 4.74 Å². The lowest BCUT2D eigenvalue weighted by molar-refractivity contribution is 0.0979. The summed E-state index contributed by atoms with van der Waals surface area (Å²) >= 11 is 12.9. The van der Waals surface area contributed by atoms with E-state index >= 15 is 0 Å². The number of carbonyl (C=O) groups is 1. The van der Waals surface area contributed by atoms with Gasteiger partial charge in [-0.05, 0) is 30.7 Å². The number of carbonyl (C=O) groups excluding carboxylic acids is 1. The predicted octanol–water partition coefficient (Wildman–Crippen LogP) is 4.94. The number of benzene rings is 1. The summed E-state index contributed by atoms with van der Waals surface area (Å²) in [7, 11) is 0. The Kier molecular flexibility index (Phi) is 5.24. The fourth-order valence-corrected chi connectivity index (χ4v) is 3.34. The number of halogens is 2. The molecule has 0 amide bonds. The molecule has 1 aromatic heterocycles. The van der Waals surface area contributed by atoms with E-state index in [2.05, 4.69) is 0 Å². The molecule has 6 heteroatoms. The van der Waals surface area contributed by atoms with E-state index in [4.69, 9.17) is 27.9 Å². The lowest BCUT2D eigenvalue weighted by Gasteiger charge is -2.09. The van der Waals surface area contributed by atoms with E-state index < -0.39 is 5.92 Å². The second-order valence-electron chi connectivity index (χ2n) is 4.17. The summed E-state index contributed by atoms with van der Waals surface area (Å²) < 4.78 is 6.06. The Morgan fingerprint density at radius 3 is 2.52 bits per heavy atom. The van der Waals surface area contributed by atoms with Crippen molar-refractivity contribution in [1.82, 2.24) is 0 Å². The van der Waals surface area contributed by atoms with Gasteiger partial charge in [0.05, 0.1) is 22.6 Å². The van der Waals surface area contributed by atoms with Crippen molar-refractivity contribution >= 4 is 40.3 Å². The molecule has 1 atom stereocenters. The van der Waals surface area contributed by atoms with Gasteiger partial charge >= 0.3 is 0 Å². The molecule has 0 saturated heterocycles. The number of ether oxygens (including phenoxy) is 1. The summed E-state index contributed by atoms with van der Waals surface area (Å²) in [5.41, 5.74) is 0.886. The minimum Gasteiger partial charge on any atom is -0.494 e. The van der Waals surface area contributed by atoms with Crippen molar-refractivity contribution in [2.24, 2.45) is 0 Å². The average molecular weight is 340 g/mol. The highest BCUT2D eigenvalue weighted by molar-refractivity contribution is 7.20. The largest absolute Gasteiger partial charge is 0.494 e. The van der Waals surface area contributed by atoms with Crippen LogP contribution in [0.5, 0.6) is 5.75 Å². The molecule has 1 unspecified atom stereocenters. The summed E-state index contributed by atoms with van der Waals surface area (Å²) in [6, 6.07) is 10.4. The van der Waals surface area contributed by atoms with Gasteiger partial charge in [-0.1, -0.05) is 35.3 Å². The highest BCUT2D eigenvalue weighted by Crippen LogP contribution is 2.34. The molecular weight excluding hydrogens is 329 g/mol. The van der Waals surface area contributed by atoms with E-state index in [9.17, 15) is 10.1 Å². The van der Waals surface area contributed by atoms with Gasteiger partial charge in [0.15, 0.2) is 5.78 Å². The molecule has 2 aromatic rings. The first kappa shape index (κ1) is 15.8. The Bertz CT molecular complexity index is 689. The molecule has 0 fully saturated rings. The molecule has 0 bridgehead atoms. The van der Waals surface area contributed by atoms with E-state index in [0.29, 0.717) is 26.6 Å². The van der Waals surface area contributed by atoms with Crippen LogP contribution in [0.1, 0.15) is 28.8 Å². The number of nitriles is 1. The maximum Gasteiger partial charge on any atom is 0.186 e.